The fourth-order valence-electron chi connectivity index (χ4n) is 2.09. The molecule has 1 aromatic carbocycles. The molecule has 8 nitrogen and oxygen atoms in total. The molecule has 1 rings (SSSR count). The summed E-state index contributed by atoms with van der Waals surface area (Å²) >= 11 is 0. The molecule has 0 heterocycles. The second-order valence-corrected chi connectivity index (χ2v) is 5.90. The molecule has 0 radical (unpaired) electrons. The average molecular weight is 401 g/mol. The third kappa shape index (κ3) is 8.19. The van der Waals surface area contributed by atoms with Crippen molar-refractivity contribution in [2.75, 3.05) is 20.2 Å². The van der Waals surface area contributed by atoms with Crippen LogP contribution in [0.25, 0.3) is 0 Å². The minimum atomic E-state index is -3.02. The van der Waals surface area contributed by atoms with Gasteiger partial charge in [0.05, 0.1) is 13.7 Å². The smallest absolute Gasteiger partial charge is 0.387 e. The Morgan fingerprint density at radius 2 is 1.82 bits per heavy atom. The normalized spacial score (nSPS) is 11.5. The van der Waals surface area contributed by atoms with Crippen LogP contribution in [0, 0.1) is 0 Å². The van der Waals surface area contributed by atoms with Crippen LogP contribution < -0.4 is 25.4 Å². The second-order valence-electron chi connectivity index (χ2n) is 5.90. The summed E-state index contributed by atoms with van der Waals surface area (Å²) in [5, 5.41) is 7.69. The van der Waals surface area contributed by atoms with E-state index >= 15 is 0 Å². The molecule has 0 bridgehead atoms. The standard InChI is InChI=1S/C18H25F2N3O5/c1-4-11(2)23-15(24)7-8-21-16(25)10-22-17(26)12-5-6-13(28-18(19)20)14(9-12)27-3/h5-6,9,11,18H,4,7-8,10H2,1-3H3,(H,21,25)(H,22,26)(H,23,24). The summed E-state index contributed by atoms with van der Waals surface area (Å²) in [6.45, 7) is 0.648. The van der Waals surface area contributed by atoms with Crippen molar-refractivity contribution in [2.45, 2.75) is 39.3 Å². The highest BCUT2D eigenvalue weighted by molar-refractivity contribution is 5.97. The van der Waals surface area contributed by atoms with Crippen molar-refractivity contribution < 1.29 is 32.6 Å². The van der Waals surface area contributed by atoms with Gasteiger partial charge in [-0.3, -0.25) is 14.4 Å². The number of halogens is 2. The first-order valence-corrected chi connectivity index (χ1v) is 8.73. The summed E-state index contributed by atoms with van der Waals surface area (Å²) in [4.78, 5) is 35.4. The molecule has 156 valence electrons. The molecule has 0 aliphatic heterocycles. The number of carbonyl (C=O) groups is 3. The molecule has 0 spiro atoms. The Kier molecular flexibility index (Phi) is 9.69. The number of hydrogen-bond donors (Lipinski definition) is 3. The van der Waals surface area contributed by atoms with Crippen LogP contribution in [0.5, 0.6) is 11.5 Å². The van der Waals surface area contributed by atoms with Gasteiger partial charge in [0, 0.05) is 24.6 Å². The maximum absolute atomic E-state index is 12.3. The zero-order chi connectivity index (χ0) is 21.1. The third-order valence-corrected chi connectivity index (χ3v) is 3.75. The molecule has 1 atom stereocenters. The summed E-state index contributed by atoms with van der Waals surface area (Å²) < 4.78 is 33.8. The molecule has 0 aromatic heterocycles. The average Bonchev–Trinajstić information content (AvgIpc) is 2.65. The Morgan fingerprint density at radius 3 is 2.43 bits per heavy atom. The highest BCUT2D eigenvalue weighted by Crippen LogP contribution is 2.29. The van der Waals surface area contributed by atoms with Crippen molar-refractivity contribution in [3.05, 3.63) is 23.8 Å². The first kappa shape index (κ1) is 23.1. The van der Waals surface area contributed by atoms with E-state index in [0.29, 0.717) is 0 Å². The molecule has 0 aliphatic rings. The zero-order valence-electron chi connectivity index (χ0n) is 16.0. The summed E-state index contributed by atoms with van der Waals surface area (Å²) in [6, 6.07) is 3.74. The Labute approximate surface area is 162 Å². The van der Waals surface area contributed by atoms with Crippen LogP contribution in [0.4, 0.5) is 8.78 Å². The SMILES string of the molecule is CCC(C)NC(=O)CCNC(=O)CNC(=O)c1ccc(OC(F)F)c(OC)c1. The second kappa shape index (κ2) is 11.7. The molecule has 3 N–H and O–H groups in total. The topological polar surface area (TPSA) is 106 Å². The Hall–Kier alpha value is -2.91. The van der Waals surface area contributed by atoms with Crippen molar-refractivity contribution in [1.29, 1.82) is 0 Å². The van der Waals surface area contributed by atoms with Crippen molar-refractivity contribution in [3.8, 4) is 11.5 Å². The van der Waals surface area contributed by atoms with Crippen LogP contribution in [0.2, 0.25) is 0 Å². The van der Waals surface area contributed by atoms with Gasteiger partial charge in [-0.2, -0.15) is 8.78 Å². The van der Waals surface area contributed by atoms with E-state index in [2.05, 4.69) is 20.7 Å². The molecule has 0 aliphatic carbocycles. The van der Waals surface area contributed by atoms with Gasteiger partial charge in [-0.1, -0.05) is 6.92 Å². The lowest BCUT2D eigenvalue weighted by atomic mass is 10.2. The van der Waals surface area contributed by atoms with E-state index < -0.39 is 18.4 Å². The van der Waals surface area contributed by atoms with Gasteiger partial charge in [0.1, 0.15) is 0 Å². The zero-order valence-corrected chi connectivity index (χ0v) is 16.0. The predicted molar refractivity (Wildman–Crippen MR) is 97.5 cm³/mol. The highest BCUT2D eigenvalue weighted by atomic mass is 19.3. The Balaban J connectivity index is 2.45. The molecule has 0 fully saturated rings. The van der Waals surface area contributed by atoms with E-state index in [0.717, 1.165) is 6.42 Å². The lowest BCUT2D eigenvalue weighted by Gasteiger charge is -2.12. The molecular weight excluding hydrogens is 376 g/mol. The first-order valence-electron chi connectivity index (χ1n) is 8.73. The lowest BCUT2D eigenvalue weighted by Crippen LogP contribution is -2.39. The lowest BCUT2D eigenvalue weighted by molar-refractivity contribution is -0.122. The van der Waals surface area contributed by atoms with Gasteiger partial charge >= 0.3 is 6.61 Å². The first-order chi connectivity index (χ1) is 13.3. The van der Waals surface area contributed by atoms with Crippen LogP contribution in [-0.4, -0.2) is 50.6 Å². The largest absolute Gasteiger partial charge is 0.493 e. The van der Waals surface area contributed by atoms with Crippen LogP contribution in [0.15, 0.2) is 18.2 Å². The summed E-state index contributed by atoms with van der Waals surface area (Å²) in [5.41, 5.74) is 0.110. The minimum Gasteiger partial charge on any atom is -0.493 e. The quantitative estimate of drug-likeness (QED) is 0.520. The van der Waals surface area contributed by atoms with Crippen LogP contribution in [-0.2, 0) is 9.59 Å². The number of amides is 3. The van der Waals surface area contributed by atoms with E-state index in [-0.39, 0.29) is 48.5 Å². The molecule has 1 aromatic rings. The number of rotatable bonds is 11. The van der Waals surface area contributed by atoms with Gasteiger partial charge in [-0.25, -0.2) is 0 Å². The van der Waals surface area contributed by atoms with Crippen molar-refractivity contribution >= 4 is 17.7 Å². The molecule has 28 heavy (non-hydrogen) atoms. The van der Waals surface area contributed by atoms with Crippen molar-refractivity contribution in [3.63, 3.8) is 0 Å². The van der Waals surface area contributed by atoms with Crippen LogP contribution >= 0.6 is 0 Å². The van der Waals surface area contributed by atoms with Gasteiger partial charge in [-0.15, -0.1) is 0 Å². The van der Waals surface area contributed by atoms with E-state index in [1.165, 1.54) is 25.3 Å². The minimum absolute atomic E-state index is 0.0373. The van der Waals surface area contributed by atoms with Gasteiger partial charge in [0.15, 0.2) is 11.5 Å². The van der Waals surface area contributed by atoms with Crippen LogP contribution in [0.3, 0.4) is 0 Å². The van der Waals surface area contributed by atoms with Gasteiger partial charge in [0.2, 0.25) is 11.8 Å². The number of carbonyl (C=O) groups excluding carboxylic acids is 3. The number of hydrogen-bond acceptors (Lipinski definition) is 5. The maximum Gasteiger partial charge on any atom is 0.387 e. The number of nitrogens with one attached hydrogen (secondary N) is 3. The fraction of sp³-hybridized carbons (Fsp3) is 0.500. The van der Waals surface area contributed by atoms with Crippen molar-refractivity contribution in [2.24, 2.45) is 0 Å². The molecular formula is C18H25F2N3O5. The Bertz CT molecular complexity index is 685. The van der Waals surface area contributed by atoms with Gasteiger partial charge in [0.25, 0.3) is 5.91 Å². The van der Waals surface area contributed by atoms with Crippen LogP contribution in [0.1, 0.15) is 37.0 Å². The molecule has 0 saturated carbocycles. The van der Waals surface area contributed by atoms with Gasteiger partial charge in [-0.05, 0) is 31.5 Å². The molecule has 3 amide bonds. The van der Waals surface area contributed by atoms with E-state index in [1.807, 2.05) is 13.8 Å². The summed E-state index contributed by atoms with van der Waals surface area (Å²) in [5.74, 6) is -1.47. The molecule has 1 unspecified atom stereocenters. The molecule has 10 heteroatoms. The van der Waals surface area contributed by atoms with E-state index in [4.69, 9.17) is 4.74 Å². The Morgan fingerprint density at radius 1 is 1.11 bits per heavy atom. The third-order valence-electron chi connectivity index (χ3n) is 3.75. The number of methoxy groups -OCH3 is 1. The summed E-state index contributed by atoms with van der Waals surface area (Å²) in [7, 11) is 1.25. The van der Waals surface area contributed by atoms with E-state index in [9.17, 15) is 23.2 Å². The summed E-state index contributed by atoms with van der Waals surface area (Å²) in [6.07, 6.45) is 0.941. The highest BCUT2D eigenvalue weighted by Gasteiger charge is 2.15. The number of benzene rings is 1. The maximum atomic E-state index is 12.3. The molecule has 0 saturated heterocycles. The number of ether oxygens (including phenoxy) is 2. The monoisotopic (exact) mass is 401 g/mol. The van der Waals surface area contributed by atoms with Gasteiger partial charge < -0.3 is 25.4 Å². The van der Waals surface area contributed by atoms with E-state index in [1.54, 1.807) is 0 Å². The predicted octanol–water partition coefficient (Wildman–Crippen LogP) is 1.45. The van der Waals surface area contributed by atoms with Crippen molar-refractivity contribution in [1.82, 2.24) is 16.0 Å². The fourth-order valence-corrected chi connectivity index (χ4v) is 2.09. The number of alkyl halides is 2.